The highest BCUT2D eigenvalue weighted by molar-refractivity contribution is 6.00. The Labute approximate surface area is 509 Å². The van der Waals surface area contributed by atoms with E-state index in [4.69, 9.17) is 5.73 Å². The highest BCUT2D eigenvalue weighted by Crippen LogP contribution is 2.03. The first-order valence-corrected chi connectivity index (χ1v) is 28.4. The Hall–Kier alpha value is -9.05. The Morgan fingerprint density at radius 3 is 0.511 bits per heavy atom. The topological polar surface area (TPSA) is 529 Å². The first-order chi connectivity index (χ1) is 40.6. The van der Waals surface area contributed by atoms with Gasteiger partial charge in [0.1, 0.15) is 96.7 Å². The van der Waals surface area contributed by atoms with E-state index in [0.717, 1.165) is 0 Å². The molecule has 0 aromatic heterocycles. The molecule has 0 aliphatic carbocycles. The van der Waals surface area contributed by atoms with Gasteiger partial charge in [-0.25, -0.2) is 4.79 Å². The number of hydrogen-bond acceptors (Lipinski definition) is 18. The molecule has 16 amide bonds. The third-order valence-electron chi connectivity index (χ3n) is 12.9. The molecule has 0 bridgehead atoms. The Balaban J connectivity index is 5.01. The lowest BCUT2D eigenvalue weighted by atomic mass is 10.1. The Morgan fingerprint density at radius 2 is 0.386 bits per heavy atom. The van der Waals surface area contributed by atoms with Crippen molar-refractivity contribution in [2.24, 2.45) is 5.73 Å². The van der Waals surface area contributed by atoms with E-state index in [1.54, 1.807) is 0 Å². The highest BCUT2D eigenvalue weighted by atomic mass is 16.4. The van der Waals surface area contributed by atoms with Gasteiger partial charge in [0, 0.05) is 6.92 Å². The Morgan fingerprint density at radius 1 is 0.250 bits per heavy atom. The predicted octanol–water partition coefficient (Wildman–Crippen LogP) is -7.72. The van der Waals surface area contributed by atoms with Crippen LogP contribution in [0.5, 0.6) is 0 Å². The average Bonchev–Trinajstić information content (AvgIpc) is 3.56. The molecule has 0 aromatic rings. The van der Waals surface area contributed by atoms with Crippen LogP contribution in [0.15, 0.2) is 0 Å². The van der Waals surface area contributed by atoms with Crippen molar-refractivity contribution in [2.75, 3.05) is 6.54 Å². The summed E-state index contributed by atoms with van der Waals surface area (Å²) in [5, 5.41) is 47.4. The van der Waals surface area contributed by atoms with Crippen LogP contribution >= 0.6 is 0 Å². The number of carboxylic acids is 1. The summed E-state index contributed by atoms with van der Waals surface area (Å²) < 4.78 is 0. The van der Waals surface area contributed by atoms with E-state index in [2.05, 4.69) is 85.1 Å². The summed E-state index contributed by atoms with van der Waals surface area (Å²) in [4.78, 5) is 215. The van der Waals surface area contributed by atoms with E-state index in [9.17, 15) is 86.6 Å². The van der Waals surface area contributed by atoms with Crippen molar-refractivity contribution >= 4 is 100 Å². The monoisotopic (exact) mass is 1250 g/mol. The molecule has 0 heterocycles. The molecule has 0 saturated heterocycles. The molecule has 19 N–H and O–H groups in total. The molecule has 16 atom stereocenters. The maximum absolute atomic E-state index is 13.0. The maximum atomic E-state index is 13.0. The van der Waals surface area contributed by atoms with Gasteiger partial charge in [0.15, 0.2) is 0 Å². The molecule has 0 spiro atoms. The fourth-order valence-electron chi connectivity index (χ4n) is 7.07. The summed E-state index contributed by atoms with van der Waals surface area (Å²) in [5.41, 5.74) is 5.44. The first-order valence-electron chi connectivity index (χ1n) is 28.4. The number of unbranched alkanes of at least 4 members (excludes halogenated alkanes) is 1. The third-order valence-corrected chi connectivity index (χ3v) is 12.9. The normalized spacial score (nSPS) is 16.3. The molecule has 0 saturated carbocycles. The second-order valence-corrected chi connectivity index (χ2v) is 21.3. The number of hydrogen-bond donors (Lipinski definition) is 18. The van der Waals surface area contributed by atoms with E-state index in [-0.39, 0.29) is 6.42 Å². The van der Waals surface area contributed by atoms with E-state index < -0.39 is 197 Å². The molecule has 0 aliphatic heterocycles. The van der Waals surface area contributed by atoms with Gasteiger partial charge in [0.25, 0.3) is 0 Å². The molecule has 0 unspecified atom stereocenters. The number of rotatable bonds is 36. The number of nitrogens with two attached hydrogens (primary N) is 1. The molecule has 0 rings (SSSR count). The van der Waals surface area contributed by atoms with Gasteiger partial charge in [-0.05, 0) is 130 Å². The quantitative estimate of drug-likeness (QED) is 0.0259. The van der Waals surface area contributed by atoms with Crippen LogP contribution in [0.25, 0.3) is 0 Å². The molecule has 0 aliphatic rings. The van der Waals surface area contributed by atoms with E-state index in [0.29, 0.717) is 19.4 Å². The van der Waals surface area contributed by atoms with Crippen LogP contribution in [0, 0.1) is 0 Å². The van der Waals surface area contributed by atoms with Gasteiger partial charge in [-0.1, -0.05) is 0 Å². The van der Waals surface area contributed by atoms with Crippen LogP contribution in [-0.2, 0) is 81.5 Å². The van der Waals surface area contributed by atoms with Crippen LogP contribution < -0.4 is 90.8 Å². The molecular weight excluding hydrogens is 1160 g/mol. The van der Waals surface area contributed by atoms with Crippen LogP contribution in [-0.4, -0.2) is 209 Å². The van der Waals surface area contributed by atoms with Crippen molar-refractivity contribution in [3.8, 4) is 0 Å². The lowest BCUT2D eigenvalue weighted by Crippen LogP contribution is -2.59. The minimum absolute atomic E-state index is 0.122. The van der Waals surface area contributed by atoms with Crippen LogP contribution in [0.3, 0.4) is 0 Å². The molecule has 35 heteroatoms. The summed E-state index contributed by atoms with van der Waals surface area (Å²) in [6.45, 7) is 21.1. The molecule has 35 nitrogen and oxygen atoms in total. The van der Waals surface area contributed by atoms with Gasteiger partial charge < -0.3 is 95.9 Å². The Bertz CT molecular complexity index is 2570. The van der Waals surface area contributed by atoms with E-state index in [1.807, 2.05) is 0 Å². The lowest BCUT2D eigenvalue weighted by molar-refractivity contribution is -0.142. The van der Waals surface area contributed by atoms with Gasteiger partial charge in [0.2, 0.25) is 94.5 Å². The summed E-state index contributed by atoms with van der Waals surface area (Å²) in [5.74, 6) is -13.8. The number of aliphatic carboxylic acids is 1. The van der Waals surface area contributed by atoms with Gasteiger partial charge in [-0.2, -0.15) is 0 Å². The summed E-state index contributed by atoms with van der Waals surface area (Å²) >= 11 is 0. The minimum atomic E-state index is -1.28. The van der Waals surface area contributed by atoms with Gasteiger partial charge in [0.05, 0.1) is 0 Å². The molecule has 0 radical (unpaired) electrons. The van der Waals surface area contributed by atoms with Crippen LogP contribution in [0.4, 0.5) is 0 Å². The molecule has 0 fully saturated rings. The number of nitrogens with one attached hydrogen (secondary N) is 16. The predicted molar refractivity (Wildman–Crippen MR) is 312 cm³/mol. The van der Waals surface area contributed by atoms with Crippen LogP contribution in [0.2, 0.25) is 0 Å². The fraction of sp³-hybridized carbons (Fsp3) is 0.679. The average molecular weight is 1250 g/mol. The second kappa shape index (κ2) is 38.2. The first kappa shape index (κ1) is 79.0. The summed E-state index contributed by atoms with van der Waals surface area (Å²) in [6.07, 6.45) is 1.12. The van der Waals surface area contributed by atoms with Crippen molar-refractivity contribution in [1.29, 1.82) is 0 Å². The highest BCUT2D eigenvalue weighted by Gasteiger charge is 2.32. The molecule has 88 heavy (non-hydrogen) atoms. The van der Waals surface area contributed by atoms with Crippen molar-refractivity contribution in [3.63, 3.8) is 0 Å². The van der Waals surface area contributed by atoms with Crippen molar-refractivity contribution in [2.45, 2.75) is 227 Å². The van der Waals surface area contributed by atoms with Crippen molar-refractivity contribution < 1.29 is 86.6 Å². The molecule has 496 valence electrons. The maximum Gasteiger partial charge on any atom is 0.326 e. The van der Waals surface area contributed by atoms with Gasteiger partial charge >= 0.3 is 5.97 Å². The van der Waals surface area contributed by atoms with Gasteiger partial charge in [-0.15, -0.1) is 0 Å². The second-order valence-electron chi connectivity index (χ2n) is 21.3. The summed E-state index contributed by atoms with van der Waals surface area (Å²) in [6, 6.07) is -19.4. The van der Waals surface area contributed by atoms with Crippen molar-refractivity contribution in [1.82, 2.24) is 85.1 Å². The Kier molecular flexibility index (Phi) is 34.3. The lowest BCUT2D eigenvalue weighted by Gasteiger charge is -2.24. The standard InChI is InChI=1S/C53H91N17O18/c1-21(55-36(16)71)38(72)56-22(2)39(73)57-23(3)40(74)58-24(4)41(75)59-25(5)42(76)60-26(6)43(77)61-27(7)44(78)62-28(8)45(79)63-29(9)46(80)64-30(10)47(81)65-31(11)48(82)66-32(12)49(83)67-33(13)50(84)68-34(14)51(85)69-35(15)52(86)70-37(53(87)88)19-17-18-20-54/h21-35,37H,17-20,54H2,1-16H3,(H,55,71)(H,56,72)(H,57,73)(H,58,74)(H,59,75)(H,60,76)(H,61,77)(H,62,78)(H,63,79)(H,64,80)(H,65,81)(H,66,82)(H,67,83)(H,68,84)(H,69,85)(H,70,86)(H,87,88)/t21-,22+,23-,24+,25-,26-,27-,28-,29-,30-,31-,32+,33-,34+,35-,37-/m0/s1. The SMILES string of the molecule is CC(=O)N[C@@H](C)C(=O)N[C@H](C)C(=O)N[C@@H](C)C(=O)N[C@H](C)C(=O)N[C@@H](C)C(=O)N[C@@H](C)C(=O)N[C@@H](C)C(=O)N[C@@H](C)C(=O)N[C@@H](C)C(=O)N[C@@H](C)C(=O)N[C@@H](C)C(=O)N[C@H](C)C(=O)N[C@@H](C)C(=O)N[C@H](C)C(=O)N[C@@H](C)C(=O)N[C@@H](CCCCN)C(=O)O. The zero-order chi connectivity index (χ0) is 68.2. The number of carboxylic acid groups (broad SMARTS) is 1. The molecular formula is C53H91N17O18. The number of amides is 16. The van der Waals surface area contributed by atoms with Gasteiger partial charge in [-0.3, -0.25) is 76.7 Å². The van der Waals surface area contributed by atoms with E-state index in [1.165, 1.54) is 111 Å². The van der Waals surface area contributed by atoms with E-state index >= 15 is 0 Å². The smallest absolute Gasteiger partial charge is 0.326 e. The number of carbonyl (C=O) groups excluding carboxylic acids is 16. The third kappa shape index (κ3) is 28.9. The number of carbonyl (C=O) groups is 17. The zero-order valence-electron chi connectivity index (χ0n) is 52.5. The largest absolute Gasteiger partial charge is 0.480 e. The van der Waals surface area contributed by atoms with Crippen LogP contribution in [0.1, 0.15) is 130 Å². The summed E-state index contributed by atoms with van der Waals surface area (Å²) in [7, 11) is 0. The van der Waals surface area contributed by atoms with Crippen molar-refractivity contribution in [3.05, 3.63) is 0 Å². The minimum Gasteiger partial charge on any atom is -0.480 e. The molecule has 0 aromatic carbocycles. The zero-order valence-corrected chi connectivity index (χ0v) is 52.5. The fourth-order valence-corrected chi connectivity index (χ4v) is 7.07.